The minimum absolute atomic E-state index is 0.206. The van der Waals surface area contributed by atoms with E-state index in [0.29, 0.717) is 5.69 Å². The first-order valence-electron chi connectivity index (χ1n) is 8.07. The number of carbonyl (C=O) groups is 1. The molecule has 1 aromatic carbocycles. The summed E-state index contributed by atoms with van der Waals surface area (Å²) in [5.41, 5.74) is 2.33. The predicted molar refractivity (Wildman–Crippen MR) is 91.8 cm³/mol. The first-order valence-corrected chi connectivity index (χ1v) is 8.07. The van der Waals surface area contributed by atoms with Gasteiger partial charge in [-0.1, -0.05) is 24.6 Å². The maximum absolute atomic E-state index is 12.4. The Hall–Kier alpha value is -2.43. The Bertz CT molecular complexity index is 676. The first kappa shape index (κ1) is 15.5. The van der Waals surface area contributed by atoms with Gasteiger partial charge < -0.3 is 10.2 Å². The molecule has 1 fully saturated rings. The van der Waals surface area contributed by atoms with Gasteiger partial charge in [-0.2, -0.15) is 0 Å². The third kappa shape index (κ3) is 3.86. The van der Waals surface area contributed by atoms with Crippen molar-refractivity contribution in [2.75, 3.05) is 23.3 Å². The molecule has 0 spiro atoms. The molecule has 1 aliphatic rings. The van der Waals surface area contributed by atoms with Crippen molar-refractivity contribution in [1.29, 1.82) is 0 Å². The third-order valence-corrected chi connectivity index (χ3v) is 4.30. The van der Waals surface area contributed by atoms with Crippen LogP contribution in [0.5, 0.6) is 0 Å². The molecule has 1 saturated heterocycles. The van der Waals surface area contributed by atoms with Gasteiger partial charge in [0.05, 0.1) is 0 Å². The molecule has 23 heavy (non-hydrogen) atoms. The lowest BCUT2D eigenvalue weighted by Crippen LogP contribution is -2.33. The molecule has 0 bridgehead atoms. The van der Waals surface area contributed by atoms with Gasteiger partial charge in [0, 0.05) is 24.8 Å². The Labute approximate surface area is 136 Å². The van der Waals surface area contributed by atoms with Crippen LogP contribution in [0.1, 0.15) is 35.8 Å². The van der Waals surface area contributed by atoms with E-state index >= 15 is 0 Å². The first-order chi connectivity index (χ1) is 11.1. The van der Waals surface area contributed by atoms with E-state index in [1.54, 1.807) is 6.07 Å². The largest absolute Gasteiger partial charge is 0.356 e. The maximum atomic E-state index is 12.4. The Morgan fingerprint density at radius 3 is 2.57 bits per heavy atom. The number of nitrogens with one attached hydrogen (secondary N) is 1. The fourth-order valence-electron chi connectivity index (χ4n) is 2.71. The highest BCUT2D eigenvalue weighted by atomic mass is 16.1. The van der Waals surface area contributed by atoms with Gasteiger partial charge in [-0.3, -0.25) is 4.79 Å². The van der Waals surface area contributed by atoms with Crippen molar-refractivity contribution in [2.45, 2.75) is 26.7 Å². The molecule has 2 heterocycles. The molecule has 0 saturated carbocycles. The SMILES string of the molecule is Cc1ccc(NC(=O)c2cc(N3CCC(C)CC3)ncn2)cc1. The Kier molecular flexibility index (Phi) is 4.55. The van der Waals surface area contributed by atoms with Crippen LogP contribution in [0.15, 0.2) is 36.7 Å². The van der Waals surface area contributed by atoms with Crippen molar-refractivity contribution in [2.24, 2.45) is 5.92 Å². The topological polar surface area (TPSA) is 58.1 Å². The second kappa shape index (κ2) is 6.77. The molecule has 0 aliphatic carbocycles. The van der Waals surface area contributed by atoms with Gasteiger partial charge in [-0.25, -0.2) is 9.97 Å². The van der Waals surface area contributed by atoms with Crippen LogP contribution in [-0.4, -0.2) is 29.0 Å². The number of carbonyl (C=O) groups excluding carboxylic acids is 1. The molecule has 2 aromatic rings. The average Bonchev–Trinajstić information content (AvgIpc) is 2.58. The number of piperidine rings is 1. The number of aryl methyl sites for hydroxylation is 1. The van der Waals surface area contributed by atoms with Crippen LogP contribution in [0.3, 0.4) is 0 Å². The van der Waals surface area contributed by atoms with E-state index < -0.39 is 0 Å². The lowest BCUT2D eigenvalue weighted by Gasteiger charge is -2.31. The molecular weight excluding hydrogens is 288 g/mol. The molecule has 5 heteroatoms. The van der Waals surface area contributed by atoms with Crippen molar-refractivity contribution >= 4 is 17.4 Å². The molecule has 1 N–H and O–H groups in total. The number of rotatable bonds is 3. The zero-order valence-electron chi connectivity index (χ0n) is 13.6. The van der Waals surface area contributed by atoms with Crippen molar-refractivity contribution in [3.63, 3.8) is 0 Å². The summed E-state index contributed by atoms with van der Waals surface area (Å²) in [6.45, 7) is 6.26. The van der Waals surface area contributed by atoms with Gasteiger partial charge in [0.2, 0.25) is 0 Å². The molecule has 0 radical (unpaired) electrons. The van der Waals surface area contributed by atoms with Crippen LogP contribution < -0.4 is 10.2 Å². The van der Waals surface area contributed by atoms with E-state index in [4.69, 9.17) is 0 Å². The molecule has 120 valence electrons. The van der Waals surface area contributed by atoms with Crippen molar-refractivity contribution in [3.05, 3.63) is 47.9 Å². The summed E-state index contributed by atoms with van der Waals surface area (Å²) in [6, 6.07) is 9.49. The van der Waals surface area contributed by atoms with Crippen LogP contribution >= 0.6 is 0 Å². The number of hydrogen-bond donors (Lipinski definition) is 1. The zero-order chi connectivity index (χ0) is 16.2. The van der Waals surface area contributed by atoms with Crippen LogP contribution in [0.2, 0.25) is 0 Å². The van der Waals surface area contributed by atoms with E-state index in [9.17, 15) is 4.79 Å². The molecule has 1 amide bonds. The normalized spacial score (nSPS) is 15.5. The summed E-state index contributed by atoms with van der Waals surface area (Å²) in [7, 11) is 0. The van der Waals surface area contributed by atoms with E-state index in [1.165, 1.54) is 6.33 Å². The lowest BCUT2D eigenvalue weighted by molar-refractivity contribution is 0.102. The Morgan fingerprint density at radius 1 is 1.17 bits per heavy atom. The zero-order valence-corrected chi connectivity index (χ0v) is 13.6. The number of amides is 1. The molecule has 0 unspecified atom stereocenters. The predicted octanol–water partition coefficient (Wildman–Crippen LogP) is 3.27. The summed E-state index contributed by atoms with van der Waals surface area (Å²) in [6.07, 6.45) is 3.79. The summed E-state index contributed by atoms with van der Waals surface area (Å²) in [5, 5.41) is 2.87. The second-order valence-electron chi connectivity index (χ2n) is 6.25. The monoisotopic (exact) mass is 310 g/mol. The highest BCUT2D eigenvalue weighted by Crippen LogP contribution is 2.21. The minimum atomic E-state index is -0.206. The summed E-state index contributed by atoms with van der Waals surface area (Å²) in [4.78, 5) is 23.0. The van der Waals surface area contributed by atoms with Crippen molar-refractivity contribution in [3.8, 4) is 0 Å². The number of nitrogens with zero attached hydrogens (tertiary/aromatic N) is 3. The van der Waals surface area contributed by atoms with E-state index in [1.807, 2.05) is 31.2 Å². The summed E-state index contributed by atoms with van der Waals surface area (Å²) >= 11 is 0. The fourth-order valence-corrected chi connectivity index (χ4v) is 2.71. The van der Waals surface area contributed by atoms with Gasteiger partial charge in [0.15, 0.2) is 0 Å². The summed E-state index contributed by atoms with van der Waals surface area (Å²) < 4.78 is 0. The van der Waals surface area contributed by atoms with Gasteiger partial charge in [-0.15, -0.1) is 0 Å². The van der Waals surface area contributed by atoms with Crippen LogP contribution in [-0.2, 0) is 0 Å². The maximum Gasteiger partial charge on any atom is 0.274 e. The number of aromatic nitrogens is 2. The average molecular weight is 310 g/mol. The van der Waals surface area contributed by atoms with Gasteiger partial charge >= 0.3 is 0 Å². The minimum Gasteiger partial charge on any atom is -0.356 e. The highest BCUT2D eigenvalue weighted by Gasteiger charge is 2.18. The molecular formula is C18H22N4O. The van der Waals surface area contributed by atoms with Gasteiger partial charge in [0.25, 0.3) is 5.91 Å². The Morgan fingerprint density at radius 2 is 1.87 bits per heavy atom. The summed E-state index contributed by atoms with van der Waals surface area (Å²) in [5.74, 6) is 1.39. The quantitative estimate of drug-likeness (QED) is 0.945. The van der Waals surface area contributed by atoms with Crippen molar-refractivity contribution in [1.82, 2.24) is 9.97 Å². The van der Waals surface area contributed by atoms with Crippen LogP contribution in [0.4, 0.5) is 11.5 Å². The smallest absolute Gasteiger partial charge is 0.274 e. The lowest BCUT2D eigenvalue weighted by atomic mass is 9.99. The molecule has 0 atom stereocenters. The second-order valence-corrected chi connectivity index (χ2v) is 6.25. The standard InChI is InChI=1S/C18H22N4O/c1-13-3-5-15(6-4-13)21-18(23)16-11-17(20-12-19-16)22-9-7-14(2)8-10-22/h3-6,11-12,14H,7-10H2,1-2H3,(H,21,23). The van der Waals surface area contributed by atoms with Crippen molar-refractivity contribution < 1.29 is 4.79 Å². The fraction of sp³-hybridized carbons (Fsp3) is 0.389. The number of hydrogen-bond acceptors (Lipinski definition) is 4. The highest BCUT2D eigenvalue weighted by molar-refractivity contribution is 6.03. The van der Waals surface area contributed by atoms with E-state index in [0.717, 1.165) is 48.9 Å². The number of benzene rings is 1. The van der Waals surface area contributed by atoms with Crippen LogP contribution in [0.25, 0.3) is 0 Å². The number of anilines is 2. The van der Waals surface area contributed by atoms with E-state index in [-0.39, 0.29) is 5.91 Å². The van der Waals surface area contributed by atoms with Crippen LogP contribution in [0, 0.1) is 12.8 Å². The molecule has 1 aliphatic heterocycles. The van der Waals surface area contributed by atoms with E-state index in [2.05, 4.69) is 27.1 Å². The Balaban J connectivity index is 1.71. The molecule has 3 rings (SSSR count). The van der Waals surface area contributed by atoms with Gasteiger partial charge in [-0.05, 0) is 37.8 Å². The third-order valence-electron chi connectivity index (χ3n) is 4.30. The van der Waals surface area contributed by atoms with Gasteiger partial charge in [0.1, 0.15) is 17.8 Å². The molecule has 5 nitrogen and oxygen atoms in total. The molecule has 1 aromatic heterocycles.